The molecule has 82 valence electrons. The molecule has 2 rings (SSSR count). The highest BCUT2D eigenvalue weighted by Crippen LogP contribution is 2.19. The molecule has 2 aromatic rings. The summed E-state index contributed by atoms with van der Waals surface area (Å²) in [7, 11) is 0. The molecule has 6 heteroatoms. The quantitative estimate of drug-likeness (QED) is 0.884. The van der Waals surface area contributed by atoms with Crippen molar-refractivity contribution >= 4 is 21.9 Å². The maximum absolute atomic E-state index is 10.7. The second-order valence-electron chi connectivity index (χ2n) is 3.09. The first-order valence-electron chi connectivity index (χ1n) is 4.36. The van der Waals surface area contributed by atoms with Gasteiger partial charge in [-0.25, -0.2) is 9.48 Å². The van der Waals surface area contributed by atoms with E-state index in [2.05, 4.69) is 21.0 Å². The Morgan fingerprint density at radius 3 is 2.44 bits per heavy atom. The lowest BCUT2D eigenvalue weighted by atomic mass is 10.3. The number of carboxylic acids is 1. The second-order valence-corrected chi connectivity index (χ2v) is 4.00. The largest absolute Gasteiger partial charge is 0.504 e. The van der Waals surface area contributed by atoms with Gasteiger partial charge in [-0.05, 0) is 24.3 Å². The molecule has 16 heavy (non-hydrogen) atoms. The molecule has 0 fully saturated rings. The van der Waals surface area contributed by atoms with Crippen LogP contribution >= 0.6 is 15.9 Å². The Hall–Kier alpha value is -1.82. The van der Waals surface area contributed by atoms with Crippen molar-refractivity contribution in [3.05, 3.63) is 40.6 Å². The minimum absolute atomic E-state index is 0.351. The van der Waals surface area contributed by atoms with E-state index in [0.29, 0.717) is 5.69 Å². The van der Waals surface area contributed by atoms with Crippen LogP contribution in [0.2, 0.25) is 0 Å². The van der Waals surface area contributed by atoms with Gasteiger partial charge in [-0.3, -0.25) is 0 Å². The number of rotatable bonds is 2. The number of carbonyl (C=O) groups is 1. The monoisotopic (exact) mass is 282 g/mol. The van der Waals surface area contributed by atoms with E-state index < -0.39 is 5.97 Å². The fourth-order valence-corrected chi connectivity index (χ4v) is 1.51. The predicted molar refractivity (Wildman–Crippen MR) is 59.9 cm³/mol. The SMILES string of the molecule is O=C(O)c1nn(-c2ccc(Br)cc2)cc1O. The van der Waals surface area contributed by atoms with Gasteiger partial charge in [0.25, 0.3) is 0 Å². The van der Waals surface area contributed by atoms with Crippen molar-refractivity contribution in [1.29, 1.82) is 0 Å². The molecule has 0 aliphatic rings. The van der Waals surface area contributed by atoms with Crippen LogP contribution in [-0.2, 0) is 0 Å². The molecule has 0 aliphatic carbocycles. The first-order chi connectivity index (χ1) is 7.58. The van der Waals surface area contributed by atoms with Gasteiger partial charge in [0.2, 0.25) is 5.69 Å². The molecule has 0 saturated carbocycles. The lowest BCUT2D eigenvalue weighted by molar-refractivity contribution is 0.0687. The van der Waals surface area contributed by atoms with Crippen LogP contribution in [0.25, 0.3) is 5.69 Å². The Morgan fingerprint density at radius 1 is 1.31 bits per heavy atom. The Bertz CT molecular complexity index is 533. The molecular formula is C10H7BrN2O3. The summed E-state index contributed by atoms with van der Waals surface area (Å²) < 4.78 is 2.22. The van der Waals surface area contributed by atoms with Gasteiger partial charge in [0, 0.05) is 4.47 Å². The third-order valence-corrected chi connectivity index (χ3v) is 2.52. The lowest BCUT2D eigenvalue weighted by Gasteiger charge is -1.99. The summed E-state index contributed by atoms with van der Waals surface area (Å²) in [6, 6.07) is 7.10. The third-order valence-electron chi connectivity index (χ3n) is 1.99. The van der Waals surface area contributed by atoms with Crippen molar-refractivity contribution < 1.29 is 15.0 Å². The summed E-state index contributed by atoms with van der Waals surface area (Å²) in [5.41, 5.74) is 0.314. The lowest BCUT2D eigenvalue weighted by Crippen LogP contribution is -2.00. The van der Waals surface area contributed by atoms with Crippen LogP contribution in [0, 0.1) is 0 Å². The van der Waals surface area contributed by atoms with E-state index in [1.165, 1.54) is 10.9 Å². The number of carboxylic acid groups (broad SMARTS) is 1. The number of hydrogen-bond donors (Lipinski definition) is 2. The summed E-state index contributed by atoms with van der Waals surface area (Å²) >= 11 is 3.29. The average Bonchev–Trinajstić information content (AvgIpc) is 2.61. The summed E-state index contributed by atoms with van der Waals surface area (Å²) in [5.74, 6) is -1.61. The molecular weight excluding hydrogens is 276 g/mol. The van der Waals surface area contributed by atoms with Gasteiger partial charge in [0.15, 0.2) is 5.75 Å². The van der Waals surface area contributed by atoms with E-state index in [1.54, 1.807) is 24.3 Å². The van der Waals surface area contributed by atoms with Crippen molar-refractivity contribution in [2.75, 3.05) is 0 Å². The molecule has 1 aromatic carbocycles. The van der Waals surface area contributed by atoms with E-state index in [9.17, 15) is 9.90 Å². The molecule has 0 spiro atoms. The summed E-state index contributed by atoms with van der Waals surface area (Å²) in [6.07, 6.45) is 1.26. The third kappa shape index (κ3) is 1.92. The minimum Gasteiger partial charge on any atom is -0.504 e. The Balaban J connectivity index is 2.45. The van der Waals surface area contributed by atoms with Crippen molar-refractivity contribution in [3.8, 4) is 11.4 Å². The minimum atomic E-state index is -1.26. The van der Waals surface area contributed by atoms with Crippen molar-refractivity contribution in [1.82, 2.24) is 9.78 Å². The van der Waals surface area contributed by atoms with Crippen LogP contribution in [0.5, 0.6) is 5.75 Å². The molecule has 0 bridgehead atoms. The Labute approximate surface area is 99.1 Å². The first kappa shape index (κ1) is 10.7. The predicted octanol–water partition coefficient (Wildman–Crippen LogP) is 2.04. The second kappa shape index (κ2) is 3.97. The fourth-order valence-electron chi connectivity index (χ4n) is 1.24. The summed E-state index contributed by atoms with van der Waals surface area (Å²) in [4.78, 5) is 10.7. The molecule has 1 heterocycles. The summed E-state index contributed by atoms with van der Waals surface area (Å²) in [6.45, 7) is 0. The van der Waals surface area contributed by atoms with E-state index in [1.807, 2.05) is 0 Å². The summed E-state index contributed by atoms with van der Waals surface area (Å²) in [5, 5.41) is 21.8. The van der Waals surface area contributed by atoms with E-state index >= 15 is 0 Å². The van der Waals surface area contributed by atoms with Crippen LogP contribution in [0.3, 0.4) is 0 Å². The molecule has 0 radical (unpaired) electrons. The van der Waals surface area contributed by atoms with Crippen molar-refractivity contribution in [2.24, 2.45) is 0 Å². The highest BCUT2D eigenvalue weighted by Gasteiger charge is 2.15. The first-order valence-corrected chi connectivity index (χ1v) is 5.15. The number of nitrogens with zero attached hydrogens (tertiary/aromatic N) is 2. The van der Waals surface area contributed by atoms with Crippen molar-refractivity contribution in [3.63, 3.8) is 0 Å². The van der Waals surface area contributed by atoms with Crippen LogP contribution in [0.1, 0.15) is 10.5 Å². The fraction of sp³-hybridized carbons (Fsp3) is 0. The number of hydrogen-bond acceptors (Lipinski definition) is 3. The van der Waals surface area contributed by atoms with Gasteiger partial charge in [0.05, 0.1) is 11.9 Å². The maximum atomic E-state index is 10.7. The smallest absolute Gasteiger partial charge is 0.360 e. The van der Waals surface area contributed by atoms with E-state index in [-0.39, 0.29) is 11.4 Å². The van der Waals surface area contributed by atoms with Gasteiger partial charge in [-0.1, -0.05) is 15.9 Å². The van der Waals surface area contributed by atoms with Crippen LogP contribution in [0.15, 0.2) is 34.9 Å². The molecule has 0 unspecified atom stereocenters. The molecule has 0 atom stereocenters. The van der Waals surface area contributed by atoms with Crippen LogP contribution < -0.4 is 0 Å². The number of aromatic carboxylic acids is 1. The molecule has 0 saturated heterocycles. The zero-order valence-electron chi connectivity index (χ0n) is 7.96. The number of aromatic hydroxyl groups is 1. The number of halogens is 1. The normalized spacial score (nSPS) is 10.3. The molecule has 0 amide bonds. The van der Waals surface area contributed by atoms with Gasteiger partial charge >= 0.3 is 5.97 Å². The molecule has 2 N–H and O–H groups in total. The topological polar surface area (TPSA) is 75.3 Å². The molecule has 0 aliphatic heterocycles. The zero-order chi connectivity index (χ0) is 11.7. The Kier molecular flexibility index (Phi) is 2.66. The average molecular weight is 283 g/mol. The maximum Gasteiger partial charge on any atom is 0.360 e. The van der Waals surface area contributed by atoms with E-state index in [4.69, 9.17) is 5.11 Å². The highest BCUT2D eigenvalue weighted by atomic mass is 79.9. The van der Waals surface area contributed by atoms with Gasteiger partial charge in [-0.2, -0.15) is 5.10 Å². The van der Waals surface area contributed by atoms with Gasteiger partial charge < -0.3 is 10.2 Å². The highest BCUT2D eigenvalue weighted by molar-refractivity contribution is 9.10. The van der Waals surface area contributed by atoms with Crippen LogP contribution in [0.4, 0.5) is 0 Å². The van der Waals surface area contributed by atoms with Gasteiger partial charge in [-0.15, -0.1) is 0 Å². The standard InChI is InChI=1S/C10H7BrN2O3/c11-6-1-3-7(4-2-6)13-5-8(14)9(12-13)10(15)16/h1-5,14H,(H,15,16). The molecule has 5 nitrogen and oxygen atoms in total. The zero-order valence-corrected chi connectivity index (χ0v) is 9.55. The van der Waals surface area contributed by atoms with Crippen LogP contribution in [-0.4, -0.2) is 26.0 Å². The van der Waals surface area contributed by atoms with Crippen molar-refractivity contribution in [2.45, 2.75) is 0 Å². The van der Waals surface area contributed by atoms with E-state index in [0.717, 1.165) is 4.47 Å². The molecule has 1 aromatic heterocycles. The number of aromatic nitrogens is 2. The Morgan fingerprint density at radius 2 is 1.94 bits per heavy atom. The number of benzene rings is 1. The van der Waals surface area contributed by atoms with Gasteiger partial charge in [0.1, 0.15) is 0 Å².